The van der Waals surface area contributed by atoms with Gasteiger partial charge in [-0.15, -0.1) is 11.3 Å². The average Bonchev–Trinajstić information content (AvgIpc) is 3.28. The normalized spacial score (nSPS) is 10.9. The van der Waals surface area contributed by atoms with Gasteiger partial charge in [0.05, 0.1) is 16.8 Å². The number of hydrogen-bond donors (Lipinski definition) is 1. The van der Waals surface area contributed by atoms with E-state index in [1.54, 1.807) is 35.9 Å². The van der Waals surface area contributed by atoms with Gasteiger partial charge in [0.2, 0.25) is 5.13 Å². The molecule has 0 amide bonds. The Kier molecular flexibility index (Phi) is 6.47. The largest absolute Gasteiger partial charge is 0.489 e. The number of hydrogen-bond acceptors (Lipinski definition) is 7. The van der Waals surface area contributed by atoms with E-state index in [2.05, 4.69) is 15.5 Å². The Balaban J connectivity index is 1.36. The molecule has 0 aliphatic heterocycles. The van der Waals surface area contributed by atoms with Crippen LogP contribution in [-0.2, 0) is 6.61 Å². The first-order valence-corrected chi connectivity index (χ1v) is 10.4. The number of nitrogens with one attached hydrogen (secondary N) is 1. The number of benzene rings is 3. The quantitative estimate of drug-likeness (QED) is 0.206. The summed E-state index contributed by atoms with van der Waals surface area (Å²) in [5, 5.41) is 17.5. The van der Waals surface area contributed by atoms with Gasteiger partial charge in [0.25, 0.3) is 5.69 Å². The van der Waals surface area contributed by atoms with Crippen LogP contribution in [0.2, 0.25) is 0 Å². The Morgan fingerprint density at radius 3 is 2.75 bits per heavy atom. The first-order valence-electron chi connectivity index (χ1n) is 9.53. The third kappa shape index (κ3) is 5.52. The standard InChI is InChI=1S/C23H17FN4O3S/c24-19-9-7-16(8-10-19)14-31-21-6-1-3-17(11-21)13-25-27-23-26-22(15-32-23)18-4-2-5-20(12-18)28(29)30/h1-13,15H,14H2,(H,26,27)/b25-13+. The molecule has 0 aliphatic carbocycles. The van der Waals surface area contributed by atoms with E-state index in [1.807, 2.05) is 24.3 Å². The number of nitro benzene ring substituents is 1. The van der Waals surface area contributed by atoms with Gasteiger partial charge in [-0.05, 0) is 35.4 Å². The average molecular weight is 448 g/mol. The summed E-state index contributed by atoms with van der Waals surface area (Å²) >= 11 is 1.35. The van der Waals surface area contributed by atoms with Crippen molar-refractivity contribution in [3.05, 3.63) is 105 Å². The number of nitrogens with zero attached hydrogens (tertiary/aromatic N) is 3. The Bertz CT molecular complexity index is 1260. The fraction of sp³-hybridized carbons (Fsp3) is 0.0435. The molecule has 1 heterocycles. The maximum absolute atomic E-state index is 13.0. The van der Waals surface area contributed by atoms with Crippen LogP contribution in [-0.4, -0.2) is 16.1 Å². The highest BCUT2D eigenvalue weighted by Gasteiger charge is 2.09. The fourth-order valence-electron chi connectivity index (χ4n) is 2.83. The molecular formula is C23H17FN4O3S. The zero-order chi connectivity index (χ0) is 22.3. The second kappa shape index (κ2) is 9.80. The maximum Gasteiger partial charge on any atom is 0.270 e. The summed E-state index contributed by atoms with van der Waals surface area (Å²) in [6.45, 7) is 0.332. The predicted molar refractivity (Wildman–Crippen MR) is 123 cm³/mol. The minimum Gasteiger partial charge on any atom is -0.489 e. The lowest BCUT2D eigenvalue weighted by Crippen LogP contribution is -1.96. The maximum atomic E-state index is 13.0. The summed E-state index contributed by atoms with van der Waals surface area (Å²) in [5.41, 5.74) is 5.88. The van der Waals surface area contributed by atoms with Crippen LogP contribution >= 0.6 is 11.3 Å². The SMILES string of the molecule is O=[N+]([O-])c1cccc(-c2csc(N/N=C/c3cccc(OCc4ccc(F)cc4)c3)n2)c1. The van der Waals surface area contributed by atoms with Crippen LogP contribution in [0.1, 0.15) is 11.1 Å². The van der Waals surface area contributed by atoms with Crippen molar-refractivity contribution in [2.45, 2.75) is 6.61 Å². The smallest absolute Gasteiger partial charge is 0.270 e. The van der Waals surface area contributed by atoms with Gasteiger partial charge in [-0.25, -0.2) is 9.37 Å². The molecular weight excluding hydrogens is 431 g/mol. The number of rotatable bonds is 8. The van der Waals surface area contributed by atoms with E-state index in [0.717, 1.165) is 11.1 Å². The highest BCUT2D eigenvalue weighted by molar-refractivity contribution is 7.14. The second-order valence-electron chi connectivity index (χ2n) is 6.70. The summed E-state index contributed by atoms with van der Waals surface area (Å²) in [4.78, 5) is 14.9. The van der Waals surface area contributed by atoms with Crippen LogP contribution in [0.4, 0.5) is 15.2 Å². The van der Waals surface area contributed by atoms with E-state index in [-0.39, 0.29) is 11.5 Å². The number of hydrazone groups is 1. The Morgan fingerprint density at radius 1 is 1.12 bits per heavy atom. The molecule has 0 aliphatic rings. The van der Waals surface area contributed by atoms with Crippen molar-refractivity contribution < 1.29 is 14.1 Å². The summed E-state index contributed by atoms with van der Waals surface area (Å²) in [5.74, 6) is 0.386. The molecule has 0 spiro atoms. The molecule has 0 bridgehead atoms. The van der Waals surface area contributed by atoms with E-state index >= 15 is 0 Å². The minimum absolute atomic E-state index is 0.0181. The lowest BCUT2D eigenvalue weighted by atomic mass is 10.1. The Hall–Kier alpha value is -4.11. The number of ether oxygens (including phenoxy) is 1. The first kappa shape index (κ1) is 21.1. The molecule has 160 valence electrons. The van der Waals surface area contributed by atoms with Crippen molar-refractivity contribution >= 4 is 28.4 Å². The third-order valence-electron chi connectivity index (χ3n) is 4.41. The van der Waals surface area contributed by atoms with Gasteiger partial charge in [0.15, 0.2) is 0 Å². The van der Waals surface area contributed by atoms with Gasteiger partial charge < -0.3 is 4.74 Å². The lowest BCUT2D eigenvalue weighted by molar-refractivity contribution is -0.384. The van der Waals surface area contributed by atoms with Crippen LogP contribution in [0.3, 0.4) is 0 Å². The molecule has 32 heavy (non-hydrogen) atoms. The molecule has 9 heteroatoms. The van der Waals surface area contributed by atoms with Gasteiger partial charge in [0.1, 0.15) is 18.2 Å². The summed E-state index contributed by atoms with van der Waals surface area (Å²) in [6, 6.07) is 19.9. The highest BCUT2D eigenvalue weighted by Crippen LogP contribution is 2.27. The second-order valence-corrected chi connectivity index (χ2v) is 7.56. The molecule has 4 rings (SSSR count). The summed E-state index contributed by atoms with van der Waals surface area (Å²) in [7, 11) is 0. The number of aromatic nitrogens is 1. The Labute approximate surface area is 187 Å². The number of nitro groups is 1. The highest BCUT2D eigenvalue weighted by atomic mass is 32.1. The van der Waals surface area contributed by atoms with Crippen molar-refractivity contribution in [2.24, 2.45) is 5.10 Å². The number of halogens is 1. The third-order valence-corrected chi connectivity index (χ3v) is 5.15. The van der Waals surface area contributed by atoms with E-state index in [4.69, 9.17) is 4.74 Å². The van der Waals surface area contributed by atoms with Crippen LogP contribution in [0.25, 0.3) is 11.3 Å². The molecule has 0 fully saturated rings. The molecule has 0 unspecified atom stereocenters. The first-order chi connectivity index (χ1) is 15.6. The van der Waals surface area contributed by atoms with Crippen LogP contribution in [0, 0.1) is 15.9 Å². The van der Waals surface area contributed by atoms with Crippen molar-refractivity contribution in [1.29, 1.82) is 0 Å². The number of anilines is 1. The van der Waals surface area contributed by atoms with Crippen molar-refractivity contribution in [1.82, 2.24) is 4.98 Å². The summed E-state index contributed by atoms with van der Waals surface area (Å²) in [6.07, 6.45) is 1.64. The zero-order valence-corrected chi connectivity index (χ0v) is 17.5. The van der Waals surface area contributed by atoms with Crippen molar-refractivity contribution in [3.63, 3.8) is 0 Å². The fourth-order valence-corrected chi connectivity index (χ4v) is 3.50. The van der Waals surface area contributed by atoms with E-state index in [0.29, 0.717) is 28.7 Å². The Morgan fingerprint density at radius 2 is 1.94 bits per heavy atom. The van der Waals surface area contributed by atoms with Gasteiger partial charge in [-0.3, -0.25) is 15.5 Å². The molecule has 1 N–H and O–H groups in total. The van der Waals surface area contributed by atoms with E-state index in [1.165, 1.54) is 35.6 Å². The van der Waals surface area contributed by atoms with Gasteiger partial charge >= 0.3 is 0 Å². The zero-order valence-electron chi connectivity index (χ0n) is 16.6. The van der Waals surface area contributed by atoms with Crippen LogP contribution in [0.15, 0.2) is 83.3 Å². The van der Waals surface area contributed by atoms with E-state index < -0.39 is 4.92 Å². The monoisotopic (exact) mass is 448 g/mol. The van der Waals surface area contributed by atoms with Gasteiger partial charge in [-0.1, -0.05) is 36.4 Å². The number of non-ortho nitro benzene ring substituents is 1. The van der Waals surface area contributed by atoms with Gasteiger partial charge in [-0.2, -0.15) is 5.10 Å². The van der Waals surface area contributed by atoms with Crippen LogP contribution in [0.5, 0.6) is 5.75 Å². The minimum atomic E-state index is -0.434. The predicted octanol–water partition coefficient (Wildman–Crippen LogP) is 5.88. The summed E-state index contributed by atoms with van der Waals surface area (Å²) < 4.78 is 18.7. The number of thiazole rings is 1. The molecule has 3 aromatic carbocycles. The molecule has 0 atom stereocenters. The van der Waals surface area contributed by atoms with Crippen molar-refractivity contribution in [2.75, 3.05) is 5.43 Å². The molecule has 7 nitrogen and oxygen atoms in total. The molecule has 0 radical (unpaired) electrons. The molecule has 4 aromatic rings. The van der Waals surface area contributed by atoms with Gasteiger partial charge in [0, 0.05) is 23.1 Å². The lowest BCUT2D eigenvalue weighted by Gasteiger charge is -2.07. The van der Waals surface area contributed by atoms with Crippen molar-refractivity contribution in [3.8, 4) is 17.0 Å². The topological polar surface area (TPSA) is 89.7 Å². The molecule has 0 saturated carbocycles. The molecule has 1 aromatic heterocycles. The van der Waals surface area contributed by atoms with Crippen LogP contribution < -0.4 is 10.2 Å². The van der Waals surface area contributed by atoms with E-state index in [9.17, 15) is 14.5 Å². The molecule has 0 saturated heterocycles.